The van der Waals surface area contributed by atoms with Crippen molar-refractivity contribution in [3.05, 3.63) is 23.3 Å². The smallest absolute Gasteiger partial charge is 0.339 e. The highest BCUT2D eigenvalue weighted by molar-refractivity contribution is 5.88. The van der Waals surface area contributed by atoms with Gasteiger partial charge in [0.05, 0.1) is 11.3 Å². The van der Waals surface area contributed by atoms with Crippen molar-refractivity contribution in [3.63, 3.8) is 0 Å². The lowest BCUT2D eigenvalue weighted by Crippen LogP contribution is -2.10. The fraction of sp³-hybridized carbons (Fsp3) is 0.643. The van der Waals surface area contributed by atoms with Gasteiger partial charge in [0.2, 0.25) is 0 Å². The summed E-state index contributed by atoms with van der Waals surface area (Å²) in [6.45, 7) is 4.15. The van der Waals surface area contributed by atoms with Gasteiger partial charge < -0.3 is 5.11 Å². The predicted molar refractivity (Wildman–Crippen MR) is 68.7 cm³/mol. The number of aromatic nitrogens is 2. The van der Waals surface area contributed by atoms with E-state index >= 15 is 0 Å². The zero-order chi connectivity index (χ0) is 13.1. The van der Waals surface area contributed by atoms with Gasteiger partial charge in [-0.25, -0.2) is 14.8 Å². The van der Waals surface area contributed by atoms with Gasteiger partial charge in [0, 0.05) is 12.1 Å². The molecule has 18 heavy (non-hydrogen) atoms. The third kappa shape index (κ3) is 2.52. The molecule has 0 aromatic carbocycles. The van der Waals surface area contributed by atoms with E-state index in [2.05, 4.69) is 16.9 Å². The summed E-state index contributed by atoms with van der Waals surface area (Å²) >= 11 is 0. The Bertz CT molecular complexity index is 445. The number of aryl methyl sites for hydroxylation is 1. The van der Waals surface area contributed by atoms with Crippen molar-refractivity contribution in [2.45, 2.75) is 51.9 Å². The number of carboxylic acid groups (broad SMARTS) is 1. The molecule has 1 saturated carbocycles. The van der Waals surface area contributed by atoms with Crippen LogP contribution >= 0.6 is 0 Å². The molecule has 4 nitrogen and oxygen atoms in total. The Hall–Kier alpha value is -1.45. The standard InChI is InChI=1S/C14H20N2O2/c1-3-9-5-6-10(7-9)13-15-8-11(14(17)18)12(4-2)16-13/h8-10H,3-7H2,1-2H3,(H,17,18). The molecule has 0 radical (unpaired) electrons. The van der Waals surface area contributed by atoms with Crippen molar-refractivity contribution in [3.8, 4) is 0 Å². The summed E-state index contributed by atoms with van der Waals surface area (Å²) in [6.07, 6.45) is 6.85. The third-order valence-electron chi connectivity index (χ3n) is 3.94. The molecule has 1 aromatic heterocycles. The molecule has 1 N–H and O–H groups in total. The lowest BCUT2D eigenvalue weighted by molar-refractivity contribution is 0.0694. The average molecular weight is 248 g/mol. The van der Waals surface area contributed by atoms with Gasteiger partial charge in [-0.3, -0.25) is 0 Å². The van der Waals surface area contributed by atoms with Crippen LogP contribution in [0.4, 0.5) is 0 Å². The second kappa shape index (κ2) is 5.46. The van der Waals surface area contributed by atoms with E-state index in [0.717, 1.165) is 24.6 Å². The van der Waals surface area contributed by atoms with Gasteiger partial charge in [0.15, 0.2) is 0 Å². The first-order valence-electron chi connectivity index (χ1n) is 6.74. The van der Waals surface area contributed by atoms with Gasteiger partial charge in [0.25, 0.3) is 0 Å². The Kier molecular flexibility index (Phi) is 3.94. The molecular weight excluding hydrogens is 228 g/mol. The lowest BCUT2D eigenvalue weighted by Gasteiger charge is -2.11. The summed E-state index contributed by atoms with van der Waals surface area (Å²) < 4.78 is 0. The first kappa shape index (κ1) is 13.0. The molecule has 1 aliphatic carbocycles. The number of hydrogen-bond acceptors (Lipinski definition) is 3. The van der Waals surface area contributed by atoms with Gasteiger partial charge in [0.1, 0.15) is 5.82 Å². The van der Waals surface area contributed by atoms with E-state index in [9.17, 15) is 4.79 Å². The van der Waals surface area contributed by atoms with Crippen LogP contribution in [0.5, 0.6) is 0 Å². The molecule has 0 bridgehead atoms. The molecule has 2 atom stereocenters. The highest BCUT2D eigenvalue weighted by atomic mass is 16.4. The van der Waals surface area contributed by atoms with E-state index in [0.29, 0.717) is 18.0 Å². The second-order valence-corrected chi connectivity index (χ2v) is 5.03. The number of aromatic carboxylic acids is 1. The van der Waals surface area contributed by atoms with Crippen LogP contribution in [0, 0.1) is 5.92 Å². The van der Waals surface area contributed by atoms with Gasteiger partial charge in [-0.05, 0) is 31.6 Å². The number of nitrogens with zero attached hydrogens (tertiary/aromatic N) is 2. The Morgan fingerprint density at radius 3 is 2.78 bits per heavy atom. The van der Waals surface area contributed by atoms with E-state index in [1.165, 1.54) is 19.0 Å². The van der Waals surface area contributed by atoms with Crippen LogP contribution in [0.3, 0.4) is 0 Å². The molecule has 1 aromatic rings. The summed E-state index contributed by atoms with van der Waals surface area (Å²) in [7, 11) is 0. The van der Waals surface area contributed by atoms with Crippen molar-refractivity contribution in [2.24, 2.45) is 5.92 Å². The predicted octanol–water partition coefficient (Wildman–Crippen LogP) is 3.03. The maximum Gasteiger partial charge on any atom is 0.339 e. The van der Waals surface area contributed by atoms with E-state index in [4.69, 9.17) is 5.11 Å². The molecule has 0 spiro atoms. The van der Waals surface area contributed by atoms with Crippen molar-refractivity contribution in [2.75, 3.05) is 0 Å². The van der Waals surface area contributed by atoms with Gasteiger partial charge in [-0.15, -0.1) is 0 Å². The van der Waals surface area contributed by atoms with Crippen molar-refractivity contribution in [1.82, 2.24) is 9.97 Å². The lowest BCUT2D eigenvalue weighted by atomic mass is 10.0. The molecule has 0 saturated heterocycles. The van der Waals surface area contributed by atoms with Crippen molar-refractivity contribution >= 4 is 5.97 Å². The van der Waals surface area contributed by atoms with Gasteiger partial charge in [-0.1, -0.05) is 20.3 Å². The Morgan fingerprint density at radius 1 is 1.44 bits per heavy atom. The summed E-state index contributed by atoms with van der Waals surface area (Å²) in [5.41, 5.74) is 0.902. The molecule has 4 heteroatoms. The molecule has 2 rings (SSSR count). The summed E-state index contributed by atoms with van der Waals surface area (Å²) in [4.78, 5) is 19.8. The fourth-order valence-electron chi connectivity index (χ4n) is 2.76. The topological polar surface area (TPSA) is 63.1 Å². The van der Waals surface area contributed by atoms with Crippen LogP contribution in [0.15, 0.2) is 6.20 Å². The minimum absolute atomic E-state index is 0.242. The molecule has 2 unspecified atom stereocenters. The first-order valence-corrected chi connectivity index (χ1v) is 6.74. The number of carboxylic acids is 1. The Morgan fingerprint density at radius 2 is 2.22 bits per heavy atom. The second-order valence-electron chi connectivity index (χ2n) is 5.03. The third-order valence-corrected chi connectivity index (χ3v) is 3.94. The molecule has 98 valence electrons. The van der Waals surface area contributed by atoms with Crippen LogP contribution < -0.4 is 0 Å². The molecular formula is C14H20N2O2. The van der Waals surface area contributed by atoms with E-state index in [-0.39, 0.29) is 5.56 Å². The summed E-state index contributed by atoms with van der Waals surface area (Å²) in [5, 5.41) is 9.05. The summed E-state index contributed by atoms with van der Waals surface area (Å²) in [5.74, 6) is 1.11. The monoisotopic (exact) mass is 248 g/mol. The highest BCUT2D eigenvalue weighted by Gasteiger charge is 2.27. The molecule has 1 aliphatic rings. The fourth-order valence-corrected chi connectivity index (χ4v) is 2.76. The molecule has 0 amide bonds. The molecule has 0 aliphatic heterocycles. The van der Waals surface area contributed by atoms with Crippen LogP contribution in [-0.2, 0) is 6.42 Å². The van der Waals surface area contributed by atoms with Crippen LogP contribution in [0.2, 0.25) is 0 Å². The quantitative estimate of drug-likeness (QED) is 0.889. The van der Waals surface area contributed by atoms with E-state index in [1.54, 1.807) is 0 Å². The minimum atomic E-state index is -0.934. The largest absolute Gasteiger partial charge is 0.478 e. The maximum atomic E-state index is 11.0. The number of carbonyl (C=O) groups is 1. The Labute approximate surface area is 107 Å². The van der Waals surface area contributed by atoms with Crippen LogP contribution in [0.25, 0.3) is 0 Å². The van der Waals surface area contributed by atoms with Gasteiger partial charge in [-0.2, -0.15) is 0 Å². The van der Waals surface area contributed by atoms with Crippen molar-refractivity contribution < 1.29 is 9.90 Å². The zero-order valence-electron chi connectivity index (χ0n) is 11.0. The average Bonchev–Trinajstić information content (AvgIpc) is 2.86. The molecule has 1 fully saturated rings. The van der Waals surface area contributed by atoms with Crippen LogP contribution in [-0.4, -0.2) is 21.0 Å². The van der Waals surface area contributed by atoms with E-state index < -0.39 is 5.97 Å². The number of hydrogen-bond donors (Lipinski definition) is 1. The summed E-state index contributed by atoms with van der Waals surface area (Å²) in [6, 6.07) is 0. The minimum Gasteiger partial charge on any atom is -0.478 e. The van der Waals surface area contributed by atoms with E-state index in [1.807, 2.05) is 6.92 Å². The maximum absolute atomic E-state index is 11.0. The number of rotatable bonds is 4. The first-order chi connectivity index (χ1) is 8.65. The molecule has 1 heterocycles. The highest BCUT2D eigenvalue weighted by Crippen LogP contribution is 2.38. The van der Waals surface area contributed by atoms with Crippen LogP contribution in [0.1, 0.15) is 67.3 Å². The Balaban J connectivity index is 2.22. The van der Waals surface area contributed by atoms with Crippen molar-refractivity contribution in [1.29, 1.82) is 0 Å². The normalized spacial score (nSPS) is 23.2. The van der Waals surface area contributed by atoms with Gasteiger partial charge >= 0.3 is 5.97 Å². The zero-order valence-corrected chi connectivity index (χ0v) is 11.0. The SMILES string of the molecule is CCc1nc(C2CCC(CC)C2)ncc1C(=O)O.